The zero-order valence-electron chi connectivity index (χ0n) is 18.7. The quantitative estimate of drug-likeness (QED) is 0.386. The van der Waals surface area contributed by atoms with Gasteiger partial charge in [0, 0.05) is 5.92 Å². The van der Waals surface area contributed by atoms with Gasteiger partial charge in [-0.2, -0.15) is 0 Å². The van der Waals surface area contributed by atoms with Gasteiger partial charge in [-0.3, -0.25) is 0 Å². The molecule has 4 rings (SSSR count). The highest BCUT2D eigenvalue weighted by molar-refractivity contribution is 7.99. The summed E-state index contributed by atoms with van der Waals surface area (Å²) in [4.78, 5) is 13.5. The van der Waals surface area contributed by atoms with E-state index in [-0.39, 0.29) is 0 Å². The summed E-state index contributed by atoms with van der Waals surface area (Å²) in [5, 5.41) is 0.709. The van der Waals surface area contributed by atoms with Crippen LogP contribution in [0.2, 0.25) is 0 Å². The molecule has 2 aromatic heterocycles. The zero-order valence-corrected chi connectivity index (χ0v) is 19.5. The fourth-order valence-corrected chi connectivity index (χ4v) is 4.66. The van der Waals surface area contributed by atoms with Crippen molar-refractivity contribution >= 4 is 28.7 Å². The molecule has 0 aliphatic rings. The summed E-state index contributed by atoms with van der Waals surface area (Å²) < 4.78 is 12.9. The summed E-state index contributed by atoms with van der Waals surface area (Å²) in [6, 6.07) is 16.2. The van der Waals surface area contributed by atoms with Gasteiger partial charge in [-0.15, -0.1) is 0 Å². The topological polar surface area (TPSA) is 89.9 Å². The molecule has 2 aromatic carbocycles. The molecule has 2 heterocycles. The van der Waals surface area contributed by atoms with E-state index in [0.29, 0.717) is 22.8 Å². The van der Waals surface area contributed by atoms with E-state index in [1.165, 1.54) is 17.3 Å². The van der Waals surface area contributed by atoms with Crippen LogP contribution in [0.15, 0.2) is 64.9 Å². The number of hydrogen-bond donors (Lipinski definition) is 2. The maximum Gasteiger partial charge on any atom is 0.294 e. The number of imidazole rings is 1. The Labute approximate surface area is 192 Å². The van der Waals surface area contributed by atoms with Gasteiger partial charge in [-0.1, -0.05) is 54.1 Å². The second kappa shape index (κ2) is 9.48. The van der Waals surface area contributed by atoms with E-state index in [1.54, 1.807) is 20.5 Å². The first kappa shape index (κ1) is 22.0. The number of aromatic nitrogens is 4. The van der Waals surface area contributed by atoms with Crippen molar-refractivity contribution in [1.29, 1.82) is 0 Å². The van der Waals surface area contributed by atoms with Crippen LogP contribution in [0.4, 0.5) is 5.82 Å². The molecule has 0 saturated heterocycles. The van der Waals surface area contributed by atoms with Crippen molar-refractivity contribution in [3.05, 3.63) is 60.4 Å². The molecule has 0 amide bonds. The Hall–Kier alpha value is -3.26. The Bertz CT molecular complexity index is 1210. The SMILES string of the molecule is COc1ccc(OC)c(Sc2nc3c([nH]2)c(N)nc[n+]3CC(c2ccccc2)C(C)C)c1. The van der Waals surface area contributed by atoms with E-state index in [1.807, 2.05) is 24.3 Å². The van der Waals surface area contributed by atoms with E-state index < -0.39 is 0 Å². The number of fused-ring (bicyclic) bond motifs is 1. The van der Waals surface area contributed by atoms with Gasteiger partial charge in [0.2, 0.25) is 17.3 Å². The lowest BCUT2D eigenvalue weighted by atomic mass is 9.88. The smallest absolute Gasteiger partial charge is 0.294 e. The average Bonchev–Trinajstić information content (AvgIpc) is 3.23. The Morgan fingerprint density at radius 2 is 1.88 bits per heavy atom. The first-order valence-electron chi connectivity index (χ1n) is 10.5. The fourth-order valence-electron chi connectivity index (χ4n) is 3.74. The van der Waals surface area contributed by atoms with Crippen LogP contribution in [0.5, 0.6) is 11.5 Å². The number of rotatable bonds is 8. The van der Waals surface area contributed by atoms with Crippen molar-refractivity contribution in [3.8, 4) is 11.5 Å². The molecule has 0 aliphatic heterocycles. The molecule has 7 nitrogen and oxygen atoms in total. The molecule has 166 valence electrons. The van der Waals surface area contributed by atoms with Crippen LogP contribution in [0.1, 0.15) is 25.3 Å². The molecule has 0 bridgehead atoms. The lowest BCUT2D eigenvalue weighted by molar-refractivity contribution is -0.679. The van der Waals surface area contributed by atoms with E-state index in [2.05, 4.69) is 52.6 Å². The van der Waals surface area contributed by atoms with Crippen LogP contribution < -0.4 is 19.8 Å². The van der Waals surface area contributed by atoms with Crippen molar-refractivity contribution in [1.82, 2.24) is 15.0 Å². The lowest BCUT2D eigenvalue weighted by Gasteiger charge is -2.20. The molecular weight excluding hydrogens is 422 g/mol. The monoisotopic (exact) mass is 450 g/mol. The Kier molecular flexibility index (Phi) is 6.50. The summed E-state index contributed by atoms with van der Waals surface area (Å²) in [6.45, 7) is 5.23. The molecule has 0 spiro atoms. The van der Waals surface area contributed by atoms with Crippen LogP contribution in [-0.4, -0.2) is 29.2 Å². The number of methoxy groups -OCH3 is 2. The molecule has 1 unspecified atom stereocenters. The molecule has 3 N–H and O–H groups in total. The maximum atomic E-state index is 6.19. The summed E-state index contributed by atoms with van der Waals surface area (Å²) >= 11 is 1.46. The second-order valence-corrected chi connectivity index (χ2v) is 8.93. The van der Waals surface area contributed by atoms with Gasteiger partial charge in [-0.25, -0.2) is 4.57 Å². The Morgan fingerprint density at radius 3 is 2.56 bits per heavy atom. The number of nitrogens with zero attached hydrogens (tertiary/aromatic N) is 3. The third-order valence-electron chi connectivity index (χ3n) is 5.53. The number of benzene rings is 2. The fraction of sp³-hybridized carbons (Fsp3) is 0.292. The molecule has 0 aliphatic carbocycles. The molecule has 32 heavy (non-hydrogen) atoms. The van der Waals surface area contributed by atoms with Crippen molar-refractivity contribution in [2.45, 2.75) is 36.4 Å². The van der Waals surface area contributed by atoms with E-state index in [0.717, 1.165) is 34.1 Å². The molecule has 0 saturated carbocycles. The number of nitrogens with two attached hydrogens (primary N) is 1. The highest BCUT2D eigenvalue weighted by Crippen LogP contribution is 2.37. The number of ether oxygens (including phenoxy) is 2. The van der Waals surface area contributed by atoms with Crippen LogP contribution >= 0.6 is 11.8 Å². The van der Waals surface area contributed by atoms with Crippen molar-refractivity contribution in [2.75, 3.05) is 20.0 Å². The van der Waals surface area contributed by atoms with E-state index in [9.17, 15) is 0 Å². The van der Waals surface area contributed by atoms with Gasteiger partial charge in [0.05, 0.1) is 25.7 Å². The number of nitrogens with one attached hydrogen (secondary N) is 1. The molecular formula is C24H28N5O2S+. The third-order valence-corrected chi connectivity index (χ3v) is 6.46. The second-order valence-electron chi connectivity index (χ2n) is 7.90. The predicted molar refractivity (Wildman–Crippen MR) is 126 cm³/mol. The minimum atomic E-state index is 0.320. The van der Waals surface area contributed by atoms with Gasteiger partial charge in [0.15, 0.2) is 5.52 Å². The number of hydrogen-bond acceptors (Lipinski definition) is 6. The van der Waals surface area contributed by atoms with Crippen LogP contribution in [0, 0.1) is 5.92 Å². The Balaban J connectivity index is 1.71. The first-order valence-corrected chi connectivity index (χ1v) is 11.3. The van der Waals surface area contributed by atoms with Gasteiger partial charge < -0.3 is 20.2 Å². The van der Waals surface area contributed by atoms with Crippen molar-refractivity contribution in [3.63, 3.8) is 0 Å². The zero-order chi connectivity index (χ0) is 22.7. The van der Waals surface area contributed by atoms with Gasteiger partial charge in [0.1, 0.15) is 11.5 Å². The summed E-state index contributed by atoms with van der Waals surface area (Å²) in [7, 11) is 3.29. The number of H-pyrrole nitrogens is 1. The molecule has 0 fully saturated rings. The highest BCUT2D eigenvalue weighted by atomic mass is 32.2. The average molecular weight is 451 g/mol. The van der Waals surface area contributed by atoms with Crippen molar-refractivity contribution < 1.29 is 14.0 Å². The van der Waals surface area contributed by atoms with Crippen LogP contribution in [-0.2, 0) is 6.54 Å². The number of aromatic amines is 1. The predicted octanol–water partition coefficient (Wildman–Crippen LogP) is 4.44. The van der Waals surface area contributed by atoms with Gasteiger partial charge >= 0.3 is 0 Å². The first-order chi connectivity index (χ1) is 15.5. The van der Waals surface area contributed by atoms with E-state index in [4.69, 9.17) is 20.2 Å². The molecule has 1 atom stereocenters. The summed E-state index contributed by atoms with van der Waals surface area (Å²) in [5.41, 5.74) is 8.99. The standard InChI is InChI=1S/C24H27N5O2S/c1-15(2)18(16-8-6-5-7-9-16)13-29-14-26-22(25)21-23(29)28-24(27-21)32-20-12-17(30-3)10-11-19(20)31-4/h5-12,14-15,18H,13H2,1-4H3,(H2,25,27,28)/p+1. The van der Waals surface area contributed by atoms with Gasteiger partial charge in [-0.05, 0) is 41.4 Å². The van der Waals surface area contributed by atoms with Crippen molar-refractivity contribution in [2.24, 2.45) is 5.92 Å². The lowest BCUT2D eigenvalue weighted by Crippen LogP contribution is -2.39. The Morgan fingerprint density at radius 1 is 1.09 bits per heavy atom. The minimum Gasteiger partial charge on any atom is -0.497 e. The largest absolute Gasteiger partial charge is 0.497 e. The number of anilines is 1. The molecule has 0 radical (unpaired) electrons. The van der Waals surface area contributed by atoms with Gasteiger partial charge in [0.25, 0.3) is 5.65 Å². The van der Waals surface area contributed by atoms with Crippen LogP contribution in [0.25, 0.3) is 11.2 Å². The molecule has 8 heteroatoms. The number of nitrogen functional groups attached to an aromatic ring is 1. The van der Waals surface area contributed by atoms with E-state index >= 15 is 0 Å². The minimum absolute atomic E-state index is 0.320. The normalized spacial score (nSPS) is 12.3. The summed E-state index contributed by atoms with van der Waals surface area (Å²) in [6.07, 6.45) is 1.78. The van der Waals surface area contributed by atoms with Crippen LogP contribution in [0.3, 0.4) is 0 Å². The summed E-state index contributed by atoms with van der Waals surface area (Å²) in [5.74, 6) is 2.70. The third kappa shape index (κ3) is 4.50. The molecule has 4 aromatic rings. The highest BCUT2D eigenvalue weighted by Gasteiger charge is 2.24. The maximum absolute atomic E-state index is 6.19.